The van der Waals surface area contributed by atoms with Crippen molar-refractivity contribution in [3.05, 3.63) is 0 Å². The molecular formula is C20H40N2. The molecule has 130 valence electrons. The van der Waals surface area contributed by atoms with E-state index in [2.05, 4.69) is 65.2 Å². The van der Waals surface area contributed by atoms with Crippen molar-refractivity contribution in [2.24, 2.45) is 11.8 Å². The van der Waals surface area contributed by atoms with Gasteiger partial charge in [-0.05, 0) is 92.9 Å². The molecule has 0 N–H and O–H groups in total. The number of hydrogen-bond acceptors (Lipinski definition) is 2. The van der Waals surface area contributed by atoms with E-state index in [0.29, 0.717) is 11.6 Å². The van der Waals surface area contributed by atoms with Crippen LogP contribution in [0, 0.1) is 11.8 Å². The Labute approximate surface area is 139 Å². The van der Waals surface area contributed by atoms with Crippen LogP contribution in [0.2, 0.25) is 0 Å². The van der Waals surface area contributed by atoms with Crippen LogP contribution >= 0.6 is 0 Å². The van der Waals surface area contributed by atoms with Gasteiger partial charge >= 0.3 is 0 Å². The molecule has 0 aromatic heterocycles. The maximum absolute atomic E-state index is 2.81. The Morgan fingerprint density at radius 3 is 1.64 bits per heavy atom. The lowest BCUT2D eigenvalue weighted by Crippen LogP contribution is -2.55. The predicted molar refractivity (Wildman–Crippen MR) is 97.3 cm³/mol. The van der Waals surface area contributed by atoms with E-state index < -0.39 is 0 Å². The molecule has 2 atom stereocenters. The Morgan fingerprint density at radius 2 is 1.32 bits per heavy atom. The fourth-order valence-electron chi connectivity index (χ4n) is 5.12. The fourth-order valence-corrected chi connectivity index (χ4v) is 5.12. The second kappa shape index (κ2) is 6.43. The summed E-state index contributed by atoms with van der Waals surface area (Å²) in [6.45, 7) is 21.8. The van der Waals surface area contributed by atoms with Crippen molar-refractivity contribution in [3.63, 3.8) is 0 Å². The largest absolute Gasteiger partial charge is 0.298 e. The van der Waals surface area contributed by atoms with E-state index in [4.69, 9.17) is 0 Å². The summed E-state index contributed by atoms with van der Waals surface area (Å²) < 4.78 is 0. The minimum Gasteiger partial charge on any atom is -0.298 e. The third-order valence-corrected chi connectivity index (χ3v) is 5.82. The lowest BCUT2D eigenvalue weighted by Gasteiger charge is -2.48. The molecule has 1 heterocycles. The van der Waals surface area contributed by atoms with Crippen molar-refractivity contribution in [3.8, 4) is 0 Å². The first-order valence-electron chi connectivity index (χ1n) is 9.52. The van der Waals surface area contributed by atoms with Gasteiger partial charge in [0.25, 0.3) is 0 Å². The molecular weight excluding hydrogens is 268 g/mol. The first kappa shape index (κ1) is 18.3. The zero-order chi connectivity index (χ0) is 16.7. The Morgan fingerprint density at radius 1 is 0.864 bits per heavy atom. The van der Waals surface area contributed by atoms with Crippen LogP contribution in [0.4, 0.5) is 0 Å². The van der Waals surface area contributed by atoms with Gasteiger partial charge in [-0.15, -0.1) is 0 Å². The Kier molecular flexibility index (Phi) is 5.34. The summed E-state index contributed by atoms with van der Waals surface area (Å²) >= 11 is 0. The van der Waals surface area contributed by atoms with E-state index in [0.717, 1.165) is 17.9 Å². The number of likely N-dealkylation sites (tertiary alicyclic amines) is 1. The Hall–Kier alpha value is -0.0800. The van der Waals surface area contributed by atoms with Gasteiger partial charge in [-0.25, -0.2) is 0 Å². The van der Waals surface area contributed by atoms with E-state index in [9.17, 15) is 0 Å². The van der Waals surface area contributed by atoms with Crippen LogP contribution in [0.1, 0.15) is 81.1 Å². The van der Waals surface area contributed by atoms with Crippen LogP contribution in [-0.4, -0.2) is 46.1 Å². The number of hydrogen-bond donors (Lipinski definition) is 0. The molecule has 2 bridgehead atoms. The van der Waals surface area contributed by atoms with Gasteiger partial charge in [0.1, 0.15) is 0 Å². The zero-order valence-electron chi connectivity index (χ0n) is 16.4. The van der Waals surface area contributed by atoms with Crippen LogP contribution in [0.3, 0.4) is 0 Å². The van der Waals surface area contributed by atoms with Gasteiger partial charge in [0.2, 0.25) is 0 Å². The van der Waals surface area contributed by atoms with Crippen molar-refractivity contribution >= 4 is 0 Å². The van der Waals surface area contributed by atoms with Crippen molar-refractivity contribution in [1.29, 1.82) is 0 Å². The van der Waals surface area contributed by atoms with Crippen LogP contribution in [0.25, 0.3) is 0 Å². The molecule has 0 spiro atoms. The molecule has 22 heavy (non-hydrogen) atoms. The first-order valence-corrected chi connectivity index (χ1v) is 9.52. The molecule has 2 heteroatoms. The second-order valence-corrected chi connectivity index (χ2v) is 10.2. The van der Waals surface area contributed by atoms with Gasteiger partial charge in [0.05, 0.1) is 0 Å². The number of fused-ring (bicyclic) bond motifs is 3. The maximum atomic E-state index is 2.81. The predicted octanol–water partition coefficient (Wildman–Crippen LogP) is 4.78. The Bertz CT molecular complexity index is 345. The number of rotatable bonds is 2. The highest BCUT2D eigenvalue weighted by Crippen LogP contribution is 2.39. The standard InChI is InChI=1S/C20H40N2/c1-15(2)22(20(6,7)8)18-11-16-9-10-17(12-18)14-21(13-16)19(3,4)5/h15-18H,9-14H2,1-8H3. The zero-order valence-corrected chi connectivity index (χ0v) is 16.4. The van der Waals surface area contributed by atoms with Crippen LogP contribution < -0.4 is 0 Å². The van der Waals surface area contributed by atoms with E-state index in [1.165, 1.54) is 38.8 Å². The maximum Gasteiger partial charge on any atom is 0.0130 e. The van der Waals surface area contributed by atoms with Crippen LogP contribution in [-0.2, 0) is 0 Å². The monoisotopic (exact) mass is 308 g/mol. The van der Waals surface area contributed by atoms with Crippen molar-refractivity contribution in [1.82, 2.24) is 9.80 Å². The normalized spacial score (nSPS) is 31.6. The molecule has 1 saturated carbocycles. The average molecular weight is 309 g/mol. The molecule has 2 aliphatic rings. The molecule has 2 fully saturated rings. The summed E-state index contributed by atoms with van der Waals surface area (Å²) in [5, 5.41) is 0. The summed E-state index contributed by atoms with van der Waals surface area (Å²) in [5.41, 5.74) is 0.608. The fraction of sp³-hybridized carbons (Fsp3) is 1.00. The van der Waals surface area contributed by atoms with E-state index in [1.54, 1.807) is 0 Å². The molecule has 1 saturated heterocycles. The van der Waals surface area contributed by atoms with E-state index >= 15 is 0 Å². The third kappa shape index (κ3) is 4.26. The summed E-state index contributed by atoms with van der Waals surface area (Å²) in [5.74, 6) is 1.78. The van der Waals surface area contributed by atoms with Gasteiger partial charge in [0.15, 0.2) is 0 Å². The highest BCUT2D eigenvalue weighted by Gasteiger charge is 2.40. The minimum absolute atomic E-state index is 0.279. The van der Waals surface area contributed by atoms with E-state index in [-0.39, 0.29) is 5.54 Å². The topological polar surface area (TPSA) is 6.48 Å². The summed E-state index contributed by atoms with van der Waals surface area (Å²) in [4.78, 5) is 5.58. The SMILES string of the molecule is CC(C)N(C1CC2CCC(C1)CN(C(C)(C)C)C2)C(C)(C)C. The van der Waals surface area contributed by atoms with Crippen LogP contribution in [0.15, 0.2) is 0 Å². The quantitative estimate of drug-likeness (QED) is 0.724. The highest BCUT2D eigenvalue weighted by molar-refractivity contribution is 4.94. The van der Waals surface area contributed by atoms with Gasteiger partial charge in [-0.3, -0.25) is 9.80 Å². The molecule has 0 aromatic carbocycles. The van der Waals surface area contributed by atoms with Gasteiger partial charge < -0.3 is 0 Å². The molecule has 2 rings (SSSR count). The van der Waals surface area contributed by atoms with Crippen LogP contribution in [0.5, 0.6) is 0 Å². The molecule has 2 unspecified atom stereocenters. The van der Waals surface area contributed by atoms with Gasteiger partial charge in [-0.1, -0.05) is 0 Å². The van der Waals surface area contributed by atoms with Crippen molar-refractivity contribution < 1.29 is 0 Å². The molecule has 2 nitrogen and oxygen atoms in total. The summed E-state index contributed by atoms with van der Waals surface area (Å²) in [6, 6.07) is 1.42. The average Bonchev–Trinajstić information content (AvgIpc) is 2.56. The van der Waals surface area contributed by atoms with Gasteiger partial charge in [-0.2, -0.15) is 0 Å². The van der Waals surface area contributed by atoms with Crippen molar-refractivity contribution in [2.45, 2.75) is 104 Å². The van der Waals surface area contributed by atoms with E-state index in [1.807, 2.05) is 0 Å². The van der Waals surface area contributed by atoms with Crippen molar-refractivity contribution in [2.75, 3.05) is 13.1 Å². The lowest BCUT2D eigenvalue weighted by molar-refractivity contribution is 0.00672. The lowest BCUT2D eigenvalue weighted by atomic mass is 9.88. The highest BCUT2D eigenvalue weighted by atomic mass is 15.2. The molecule has 1 aliphatic carbocycles. The molecule has 0 aromatic rings. The summed E-state index contributed by atoms with van der Waals surface area (Å²) in [7, 11) is 0. The third-order valence-electron chi connectivity index (χ3n) is 5.82. The van der Waals surface area contributed by atoms with Gasteiger partial charge in [0, 0.05) is 36.3 Å². The molecule has 1 aliphatic heterocycles. The smallest absolute Gasteiger partial charge is 0.0130 e. The molecule has 0 radical (unpaired) electrons. The summed E-state index contributed by atoms with van der Waals surface area (Å²) in [6.07, 6.45) is 5.70. The first-order chi connectivity index (χ1) is 9.98. The Balaban J connectivity index is 2.18. The second-order valence-electron chi connectivity index (χ2n) is 10.2. The molecule has 0 amide bonds. The number of nitrogens with zero attached hydrogens (tertiary/aromatic N) is 2. The minimum atomic E-state index is 0.279.